The number of aliphatic hydroxyl groups excluding tert-OH is 1. The molecule has 3 heterocycles. The predicted molar refractivity (Wildman–Crippen MR) is 103 cm³/mol. The van der Waals surface area contributed by atoms with Crippen molar-refractivity contribution in [3.05, 3.63) is 24.0 Å². The number of amides is 2. The van der Waals surface area contributed by atoms with E-state index in [1.54, 1.807) is 34.9 Å². The Hall–Kier alpha value is -2.15. The fourth-order valence-corrected chi connectivity index (χ4v) is 4.33. The molecule has 7 heteroatoms. The number of aryl methyl sites for hydroxylation is 1. The number of likely N-dealkylation sites (tertiary alicyclic amines) is 2. The fraction of sp³-hybridized carbons (Fsp3) is 0.650. The van der Waals surface area contributed by atoms with Gasteiger partial charge in [0.05, 0.1) is 17.3 Å². The van der Waals surface area contributed by atoms with Gasteiger partial charge in [-0.3, -0.25) is 14.3 Å². The smallest absolute Gasteiger partial charge is 0.246 e. The van der Waals surface area contributed by atoms with E-state index in [4.69, 9.17) is 0 Å². The van der Waals surface area contributed by atoms with E-state index in [1.807, 2.05) is 31.9 Å². The van der Waals surface area contributed by atoms with Gasteiger partial charge in [-0.1, -0.05) is 0 Å². The topological polar surface area (TPSA) is 78.7 Å². The number of nitrogens with zero attached hydrogens (tertiary/aromatic N) is 4. The van der Waals surface area contributed by atoms with Gasteiger partial charge in [-0.05, 0) is 50.7 Å². The van der Waals surface area contributed by atoms with Crippen molar-refractivity contribution in [2.75, 3.05) is 19.6 Å². The molecule has 1 aromatic heterocycles. The number of carbonyl (C=O) groups is 2. The molecule has 1 aromatic rings. The van der Waals surface area contributed by atoms with Crippen LogP contribution in [0.5, 0.6) is 0 Å². The molecule has 148 valence electrons. The Kier molecular flexibility index (Phi) is 5.16. The normalized spacial score (nSPS) is 24.6. The number of aromatic nitrogens is 2. The number of aliphatic hydroxyl groups is 1. The molecular weight excluding hydrogens is 344 g/mol. The molecular formula is C20H30N4O3. The highest BCUT2D eigenvalue weighted by molar-refractivity contribution is 5.91. The number of carbonyl (C=O) groups excluding carboxylic acids is 2. The number of piperidine rings is 2. The summed E-state index contributed by atoms with van der Waals surface area (Å²) >= 11 is 0. The maximum atomic E-state index is 12.5. The van der Waals surface area contributed by atoms with Crippen molar-refractivity contribution in [3.63, 3.8) is 0 Å². The molecule has 0 radical (unpaired) electrons. The third-order valence-electron chi connectivity index (χ3n) is 6.40. The average Bonchev–Trinajstić information content (AvgIpc) is 3.02. The molecule has 1 unspecified atom stereocenters. The summed E-state index contributed by atoms with van der Waals surface area (Å²) in [4.78, 5) is 28.3. The molecule has 0 saturated carbocycles. The zero-order valence-electron chi connectivity index (χ0n) is 16.7. The molecule has 2 fully saturated rings. The Bertz CT molecular complexity index is 744. The van der Waals surface area contributed by atoms with E-state index < -0.39 is 11.6 Å². The monoisotopic (exact) mass is 374 g/mol. The van der Waals surface area contributed by atoms with Gasteiger partial charge in [0.15, 0.2) is 0 Å². The van der Waals surface area contributed by atoms with Crippen LogP contribution >= 0.6 is 0 Å². The average molecular weight is 374 g/mol. The first-order valence-corrected chi connectivity index (χ1v) is 9.56. The van der Waals surface area contributed by atoms with Crippen molar-refractivity contribution in [1.82, 2.24) is 19.6 Å². The minimum absolute atomic E-state index is 0.00394. The van der Waals surface area contributed by atoms with Crippen LogP contribution in [-0.2, 0) is 16.6 Å². The summed E-state index contributed by atoms with van der Waals surface area (Å²) in [5.74, 6) is -0.0121. The van der Waals surface area contributed by atoms with Gasteiger partial charge in [-0.2, -0.15) is 5.10 Å². The van der Waals surface area contributed by atoms with Crippen LogP contribution in [0, 0.1) is 5.41 Å². The lowest BCUT2D eigenvalue weighted by Crippen LogP contribution is -2.64. The Labute approximate surface area is 160 Å². The van der Waals surface area contributed by atoms with Gasteiger partial charge >= 0.3 is 0 Å². The lowest BCUT2D eigenvalue weighted by molar-refractivity contribution is -0.158. The Morgan fingerprint density at radius 2 is 1.96 bits per heavy atom. The first-order valence-electron chi connectivity index (χ1n) is 9.56. The van der Waals surface area contributed by atoms with Gasteiger partial charge in [0.25, 0.3) is 0 Å². The molecule has 1 N–H and O–H groups in total. The quantitative estimate of drug-likeness (QED) is 0.795. The molecule has 3 rings (SSSR count). The second kappa shape index (κ2) is 7.11. The zero-order valence-corrected chi connectivity index (χ0v) is 16.7. The predicted octanol–water partition coefficient (Wildman–Crippen LogP) is 1.43. The largest absolute Gasteiger partial charge is 0.391 e. The second-order valence-electron chi connectivity index (χ2n) is 8.52. The summed E-state index contributed by atoms with van der Waals surface area (Å²) < 4.78 is 1.72. The summed E-state index contributed by atoms with van der Waals surface area (Å²) in [5.41, 5.74) is 0.227. The van der Waals surface area contributed by atoms with E-state index in [0.29, 0.717) is 26.1 Å². The van der Waals surface area contributed by atoms with E-state index in [2.05, 4.69) is 5.10 Å². The van der Waals surface area contributed by atoms with Crippen molar-refractivity contribution in [3.8, 4) is 0 Å². The van der Waals surface area contributed by atoms with E-state index >= 15 is 0 Å². The van der Waals surface area contributed by atoms with Crippen LogP contribution in [0.3, 0.4) is 0 Å². The first kappa shape index (κ1) is 19.6. The SMILES string of the molecule is CC(=O)N1CC2(CCN(C(=O)/C=C/c3ccnn3C)CC2)CC(O)C1(C)C. The van der Waals surface area contributed by atoms with Crippen LogP contribution in [0.4, 0.5) is 0 Å². The maximum absolute atomic E-state index is 12.5. The van der Waals surface area contributed by atoms with Crippen LogP contribution in [0.25, 0.3) is 6.08 Å². The molecule has 1 atom stereocenters. The van der Waals surface area contributed by atoms with Crippen LogP contribution in [0.1, 0.15) is 45.7 Å². The highest BCUT2D eigenvalue weighted by Gasteiger charge is 2.50. The van der Waals surface area contributed by atoms with Crippen molar-refractivity contribution in [1.29, 1.82) is 0 Å². The third kappa shape index (κ3) is 3.78. The summed E-state index contributed by atoms with van der Waals surface area (Å²) in [6, 6.07) is 1.86. The van der Waals surface area contributed by atoms with Gasteiger partial charge in [0.1, 0.15) is 0 Å². The summed E-state index contributed by atoms with van der Waals surface area (Å²) in [5, 5.41) is 14.8. The summed E-state index contributed by atoms with van der Waals surface area (Å²) in [6.07, 6.45) is 6.80. The molecule has 0 aromatic carbocycles. The Morgan fingerprint density at radius 3 is 2.52 bits per heavy atom. The lowest BCUT2D eigenvalue weighted by atomic mass is 9.67. The van der Waals surface area contributed by atoms with Crippen LogP contribution < -0.4 is 0 Å². The Balaban J connectivity index is 1.64. The second-order valence-corrected chi connectivity index (χ2v) is 8.52. The van der Waals surface area contributed by atoms with Crippen LogP contribution in [0.15, 0.2) is 18.3 Å². The maximum Gasteiger partial charge on any atom is 0.246 e. The summed E-state index contributed by atoms with van der Waals surface area (Å²) in [6.45, 7) is 7.36. The van der Waals surface area contributed by atoms with Crippen molar-refractivity contribution in [2.45, 2.75) is 51.7 Å². The van der Waals surface area contributed by atoms with Gasteiger partial charge in [0, 0.05) is 45.9 Å². The zero-order chi connectivity index (χ0) is 19.8. The molecule has 2 aliphatic heterocycles. The molecule has 2 aliphatic rings. The highest BCUT2D eigenvalue weighted by atomic mass is 16.3. The first-order chi connectivity index (χ1) is 12.6. The van der Waals surface area contributed by atoms with Gasteiger partial charge in [0.2, 0.25) is 11.8 Å². The molecule has 2 amide bonds. The number of hydrogen-bond acceptors (Lipinski definition) is 4. The molecule has 7 nitrogen and oxygen atoms in total. The molecule has 27 heavy (non-hydrogen) atoms. The standard InChI is InChI=1S/C20H30N4O3/c1-15(25)24-14-20(13-17(26)19(24,2)3)8-11-23(12-9-20)18(27)6-5-16-7-10-21-22(16)4/h5-7,10,17,26H,8-9,11-14H2,1-4H3/b6-5+. The van der Waals surface area contributed by atoms with Gasteiger partial charge < -0.3 is 14.9 Å². The van der Waals surface area contributed by atoms with E-state index in [9.17, 15) is 14.7 Å². The van der Waals surface area contributed by atoms with Crippen molar-refractivity contribution >= 4 is 17.9 Å². The molecule has 0 aliphatic carbocycles. The molecule has 1 spiro atoms. The fourth-order valence-electron chi connectivity index (χ4n) is 4.33. The van der Waals surface area contributed by atoms with Gasteiger partial charge in [-0.25, -0.2) is 0 Å². The summed E-state index contributed by atoms with van der Waals surface area (Å²) in [7, 11) is 1.84. The number of rotatable bonds is 2. The van der Waals surface area contributed by atoms with E-state index in [0.717, 1.165) is 18.5 Å². The lowest BCUT2D eigenvalue weighted by Gasteiger charge is -2.55. The third-order valence-corrected chi connectivity index (χ3v) is 6.40. The van der Waals surface area contributed by atoms with Crippen molar-refractivity contribution in [2.24, 2.45) is 12.5 Å². The molecule has 2 saturated heterocycles. The van der Waals surface area contributed by atoms with E-state index in [-0.39, 0.29) is 17.2 Å². The number of hydrogen-bond donors (Lipinski definition) is 1. The minimum Gasteiger partial charge on any atom is -0.391 e. The molecule has 0 bridgehead atoms. The van der Waals surface area contributed by atoms with Gasteiger partial charge in [-0.15, -0.1) is 0 Å². The van der Waals surface area contributed by atoms with Crippen molar-refractivity contribution < 1.29 is 14.7 Å². The van der Waals surface area contributed by atoms with Crippen LogP contribution in [0.2, 0.25) is 0 Å². The Morgan fingerprint density at radius 1 is 1.30 bits per heavy atom. The van der Waals surface area contributed by atoms with E-state index in [1.165, 1.54) is 0 Å². The highest BCUT2D eigenvalue weighted by Crippen LogP contribution is 2.45. The van der Waals surface area contributed by atoms with Crippen LogP contribution in [-0.4, -0.2) is 67.8 Å². The minimum atomic E-state index is -0.554.